The molecule has 0 aromatic heterocycles. The molecule has 0 saturated heterocycles. The third-order valence-electron chi connectivity index (χ3n) is 4.11. The maximum Gasteiger partial charge on any atom is 0.293 e. The number of anilines is 1. The first-order valence-corrected chi connectivity index (χ1v) is 8.07. The van der Waals surface area contributed by atoms with Crippen LogP contribution in [-0.2, 0) is 0 Å². The molecule has 0 spiro atoms. The smallest absolute Gasteiger partial charge is 0.293 e. The fourth-order valence-corrected chi connectivity index (χ4v) is 3.65. The molecule has 1 aliphatic rings. The predicted octanol–water partition coefficient (Wildman–Crippen LogP) is 3.15. The van der Waals surface area contributed by atoms with Gasteiger partial charge in [0.25, 0.3) is 5.69 Å². The van der Waals surface area contributed by atoms with Crippen LogP contribution in [-0.4, -0.2) is 24.1 Å². The van der Waals surface area contributed by atoms with E-state index in [1.807, 2.05) is 19.1 Å². The van der Waals surface area contributed by atoms with Crippen molar-refractivity contribution in [3.8, 4) is 0 Å². The molecule has 0 bridgehead atoms. The molecule has 2 unspecified atom stereocenters. The number of hydrogen-bond donors (Lipinski definition) is 1. The van der Waals surface area contributed by atoms with E-state index in [1.54, 1.807) is 6.07 Å². The fourth-order valence-electron chi connectivity index (χ4n) is 3.17. The van der Waals surface area contributed by atoms with Crippen LogP contribution >= 0.6 is 22.6 Å². The van der Waals surface area contributed by atoms with Crippen molar-refractivity contribution >= 4 is 34.0 Å². The summed E-state index contributed by atoms with van der Waals surface area (Å²) in [4.78, 5) is 13.2. The molecule has 5 nitrogen and oxygen atoms in total. The van der Waals surface area contributed by atoms with Gasteiger partial charge in [0.2, 0.25) is 0 Å². The summed E-state index contributed by atoms with van der Waals surface area (Å²) in [6.07, 6.45) is 3.34. The van der Waals surface area contributed by atoms with Gasteiger partial charge in [-0.1, -0.05) is 6.42 Å². The molecule has 2 N–H and O–H groups in total. The van der Waals surface area contributed by atoms with Gasteiger partial charge in [0.1, 0.15) is 5.69 Å². The van der Waals surface area contributed by atoms with Gasteiger partial charge in [-0.05, 0) is 67.0 Å². The molecular weight excluding hydrogens is 369 g/mol. The maximum absolute atomic E-state index is 11.3. The summed E-state index contributed by atoms with van der Waals surface area (Å²) in [5.74, 6) is 0.439. The summed E-state index contributed by atoms with van der Waals surface area (Å²) in [5, 5.41) is 11.3. The van der Waals surface area contributed by atoms with Crippen molar-refractivity contribution < 1.29 is 4.92 Å². The number of rotatable bonds is 5. The van der Waals surface area contributed by atoms with E-state index in [0.717, 1.165) is 35.1 Å². The fraction of sp³-hybridized carbons (Fsp3) is 0.571. The van der Waals surface area contributed by atoms with Crippen molar-refractivity contribution in [2.75, 3.05) is 18.0 Å². The van der Waals surface area contributed by atoms with Crippen LogP contribution in [0.1, 0.15) is 26.2 Å². The number of nitro groups is 1. The Morgan fingerprint density at radius 1 is 1.50 bits per heavy atom. The van der Waals surface area contributed by atoms with Gasteiger partial charge < -0.3 is 10.6 Å². The predicted molar refractivity (Wildman–Crippen MR) is 89.0 cm³/mol. The average Bonchev–Trinajstić information content (AvgIpc) is 2.89. The van der Waals surface area contributed by atoms with Crippen LogP contribution in [0.15, 0.2) is 18.2 Å². The molecule has 1 saturated carbocycles. The lowest BCUT2D eigenvalue weighted by Gasteiger charge is -2.33. The molecular formula is C14H20IN3O2. The Hall–Kier alpha value is -0.890. The molecule has 0 amide bonds. The van der Waals surface area contributed by atoms with E-state index < -0.39 is 0 Å². The zero-order chi connectivity index (χ0) is 14.7. The first kappa shape index (κ1) is 15.5. The second kappa shape index (κ2) is 6.71. The number of nitrogens with zero attached hydrogens (tertiary/aromatic N) is 2. The molecule has 0 heterocycles. The van der Waals surface area contributed by atoms with Crippen molar-refractivity contribution in [2.45, 2.75) is 32.2 Å². The zero-order valence-electron chi connectivity index (χ0n) is 11.6. The molecule has 2 atom stereocenters. The van der Waals surface area contributed by atoms with Gasteiger partial charge in [-0.3, -0.25) is 10.1 Å². The van der Waals surface area contributed by atoms with Crippen LogP contribution in [0.5, 0.6) is 0 Å². The van der Waals surface area contributed by atoms with E-state index in [1.165, 1.54) is 0 Å². The van der Waals surface area contributed by atoms with E-state index in [2.05, 4.69) is 27.5 Å². The summed E-state index contributed by atoms with van der Waals surface area (Å²) >= 11 is 2.11. The third-order valence-corrected chi connectivity index (χ3v) is 4.78. The minimum atomic E-state index is -0.285. The molecule has 1 aromatic carbocycles. The number of nitro benzene ring substituents is 1. The van der Waals surface area contributed by atoms with Crippen LogP contribution in [0.3, 0.4) is 0 Å². The van der Waals surface area contributed by atoms with Crippen LogP contribution in [0, 0.1) is 19.6 Å². The molecule has 1 aromatic rings. The number of halogens is 1. The Labute approximate surface area is 132 Å². The van der Waals surface area contributed by atoms with Crippen molar-refractivity contribution in [1.82, 2.24) is 0 Å². The summed E-state index contributed by atoms with van der Waals surface area (Å²) in [6, 6.07) is 5.77. The van der Waals surface area contributed by atoms with Crippen LogP contribution < -0.4 is 10.6 Å². The zero-order valence-corrected chi connectivity index (χ0v) is 13.7. The summed E-state index contributed by atoms with van der Waals surface area (Å²) in [5.41, 5.74) is 6.78. The molecule has 6 heteroatoms. The Kier molecular flexibility index (Phi) is 5.20. The first-order valence-electron chi connectivity index (χ1n) is 6.99. The molecule has 1 aliphatic carbocycles. The lowest BCUT2D eigenvalue weighted by molar-refractivity contribution is -0.384. The van der Waals surface area contributed by atoms with Crippen LogP contribution in [0.25, 0.3) is 0 Å². The number of benzene rings is 1. The van der Waals surface area contributed by atoms with Crippen molar-refractivity contribution in [1.29, 1.82) is 0 Å². The van der Waals surface area contributed by atoms with Crippen molar-refractivity contribution in [2.24, 2.45) is 11.7 Å². The van der Waals surface area contributed by atoms with E-state index in [0.29, 0.717) is 18.5 Å². The SMILES string of the molecule is CCN(c1ccc(I)cc1[N+](=O)[O-])C1CCCC1CN. The van der Waals surface area contributed by atoms with E-state index in [-0.39, 0.29) is 10.6 Å². The molecule has 1 fully saturated rings. The molecule has 0 aliphatic heterocycles. The minimum absolute atomic E-state index is 0.196. The lowest BCUT2D eigenvalue weighted by Crippen LogP contribution is -2.40. The van der Waals surface area contributed by atoms with E-state index in [9.17, 15) is 10.1 Å². The van der Waals surface area contributed by atoms with Gasteiger partial charge in [-0.2, -0.15) is 0 Å². The highest BCUT2D eigenvalue weighted by molar-refractivity contribution is 14.1. The second-order valence-corrected chi connectivity index (χ2v) is 6.42. The Morgan fingerprint density at radius 2 is 2.25 bits per heavy atom. The van der Waals surface area contributed by atoms with Crippen molar-refractivity contribution in [3.63, 3.8) is 0 Å². The highest BCUT2D eigenvalue weighted by Gasteiger charge is 2.33. The summed E-state index contributed by atoms with van der Waals surface area (Å²) in [7, 11) is 0. The van der Waals surface area contributed by atoms with Gasteiger partial charge in [0, 0.05) is 22.2 Å². The van der Waals surface area contributed by atoms with Crippen molar-refractivity contribution in [3.05, 3.63) is 31.9 Å². The minimum Gasteiger partial charge on any atom is -0.363 e. The highest BCUT2D eigenvalue weighted by Crippen LogP contribution is 2.37. The monoisotopic (exact) mass is 389 g/mol. The highest BCUT2D eigenvalue weighted by atomic mass is 127. The molecule has 110 valence electrons. The van der Waals surface area contributed by atoms with E-state index in [4.69, 9.17) is 5.73 Å². The number of nitrogens with two attached hydrogens (primary N) is 1. The topological polar surface area (TPSA) is 72.4 Å². The Bertz CT molecular complexity index is 495. The normalized spacial score (nSPS) is 21.9. The van der Waals surface area contributed by atoms with E-state index >= 15 is 0 Å². The van der Waals surface area contributed by atoms with Crippen LogP contribution in [0.4, 0.5) is 11.4 Å². The Morgan fingerprint density at radius 3 is 2.85 bits per heavy atom. The second-order valence-electron chi connectivity index (χ2n) is 5.17. The molecule has 0 radical (unpaired) electrons. The average molecular weight is 389 g/mol. The first-order chi connectivity index (χ1) is 9.58. The van der Waals surface area contributed by atoms with Gasteiger partial charge in [0.05, 0.1) is 4.92 Å². The van der Waals surface area contributed by atoms with Gasteiger partial charge in [0.15, 0.2) is 0 Å². The number of hydrogen-bond acceptors (Lipinski definition) is 4. The van der Waals surface area contributed by atoms with Gasteiger partial charge >= 0.3 is 0 Å². The van der Waals surface area contributed by atoms with Crippen LogP contribution in [0.2, 0.25) is 0 Å². The maximum atomic E-state index is 11.3. The molecule has 2 rings (SSSR count). The third kappa shape index (κ3) is 3.06. The van der Waals surface area contributed by atoms with Gasteiger partial charge in [-0.15, -0.1) is 0 Å². The standard InChI is InChI=1S/C14H20IN3O2/c1-2-17(12-5-3-4-10(12)9-16)13-7-6-11(15)8-14(13)18(19)20/h6-8,10,12H,2-5,9,16H2,1H3. The summed E-state index contributed by atoms with van der Waals surface area (Å²) < 4.78 is 0.885. The molecule has 20 heavy (non-hydrogen) atoms. The Balaban J connectivity index is 2.39. The lowest BCUT2D eigenvalue weighted by atomic mass is 10.0. The quantitative estimate of drug-likeness (QED) is 0.477. The summed E-state index contributed by atoms with van der Waals surface area (Å²) in [6.45, 7) is 3.47. The largest absolute Gasteiger partial charge is 0.363 e. The van der Waals surface area contributed by atoms with Gasteiger partial charge in [-0.25, -0.2) is 0 Å².